The van der Waals surface area contributed by atoms with Crippen molar-refractivity contribution < 1.29 is 0 Å². The van der Waals surface area contributed by atoms with Gasteiger partial charge in [-0.2, -0.15) is 0 Å². The van der Waals surface area contributed by atoms with Crippen molar-refractivity contribution in [1.29, 1.82) is 0 Å². The second-order valence-corrected chi connectivity index (χ2v) is 5.41. The van der Waals surface area contributed by atoms with Gasteiger partial charge in [0.1, 0.15) is 0 Å². The molecule has 0 aliphatic heterocycles. The topological polar surface area (TPSA) is 12.9 Å². The normalized spacial score (nSPS) is 10.5. The summed E-state index contributed by atoms with van der Waals surface area (Å²) in [5.41, 5.74) is 2.72. The molecule has 16 heavy (non-hydrogen) atoms. The van der Waals surface area contributed by atoms with E-state index in [4.69, 9.17) is 23.2 Å². The Morgan fingerprint density at radius 1 is 1.12 bits per heavy atom. The molecule has 0 saturated heterocycles. The molecule has 4 heteroatoms. The number of hydrogen-bond donors (Lipinski definition) is 0. The number of pyridine rings is 1. The number of nitrogens with zero attached hydrogens (tertiary/aromatic N) is 1. The van der Waals surface area contributed by atoms with Gasteiger partial charge in [-0.05, 0) is 59.8 Å². The van der Waals surface area contributed by atoms with Crippen LogP contribution < -0.4 is 0 Å². The van der Waals surface area contributed by atoms with E-state index in [2.05, 4.69) is 27.6 Å². The van der Waals surface area contributed by atoms with Crippen molar-refractivity contribution in [3.05, 3.63) is 49.6 Å². The van der Waals surface area contributed by atoms with Crippen LogP contribution in [0.5, 0.6) is 0 Å². The summed E-state index contributed by atoms with van der Waals surface area (Å²) in [7, 11) is 0. The fraction of sp³-hybridized carbons (Fsp3) is 0.0833. The molecule has 0 radical (unpaired) electrons. The molecule has 0 amide bonds. The SMILES string of the molecule is Cc1ccc(I)c(-c2cc(Cl)ccc2Cl)n1. The molecule has 1 heterocycles. The molecule has 0 bridgehead atoms. The van der Waals surface area contributed by atoms with Crippen molar-refractivity contribution in [1.82, 2.24) is 4.98 Å². The van der Waals surface area contributed by atoms with Gasteiger partial charge in [-0.1, -0.05) is 23.2 Å². The van der Waals surface area contributed by atoms with Crippen molar-refractivity contribution in [3.63, 3.8) is 0 Å². The van der Waals surface area contributed by atoms with Gasteiger partial charge in [-0.3, -0.25) is 4.98 Å². The van der Waals surface area contributed by atoms with Gasteiger partial charge in [-0.15, -0.1) is 0 Å². The quantitative estimate of drug-likeness (QED) is 0.652. The standard InChI is InChI=1S/C12H8Cl2IN/c1-7-2-5-11(15)12(16-7)9-6-8(13)3-4-10(9)14/h2-6H,1H3. The predicted octanol–water partition coefficient (Wildman–Crippen LogP) is 4.97. The lowest BCUT2D eigenvalue weighted by atomic mass is 10.1. The zero-order valence-electron chi connectivity index (χ0n) is 8.47. The van der Waals surface area contributed by atoms with Gasteiger partial charge in [-0.25, -0.2) is 0 Å². The van der Waals surface area contributed by atoms with E-state index in [-0.39, 0.29) is 0 Å². The molecular formula is C12H8Cl2IN. The largest absolute Gasteiger partial charge is 0.252 e. The first-order valence-electron chi connectivity index (χ1n) is 4.66. The third kappa shape index (κ3) is 2.50. The Balaban J connectivity index is 2.66. The molecule has 82 valence electrons. The summed E-state index contributed by atoms with van der Waals surface area (Å²) in [5.74, 6) is 0. The van der Waals surface area contributed by atoms with E-state index in [9.17, 15) is 0 Å². The maximum absolute atomic E-state index is 6.15. The number of aromatic nitrogens is 1. The molecule has 0 aliphatic rings. The van der Waals surface area contributed by atoms with Gasteiger partial charge in [0, 0.05) is 19.9 Å². The third-order valence-corrected chi connectivity index (χ3v) is 3.60. The highest BCUT2D eigenvalue weighted by molar-refractivity contribution is 14.1. The molecule has 0 spiro atoms. The first-order valence-corrected chi connectivity index (χ1v) is 6.50. The maximum Gasteiger partial charge on any atom is 0.0853 e. The van der Waals surface area contributed by atoms with E-state index in [1.165, 1.54) is 0 Å². The molecule has 0 fully saturated rings. The van der Waals surface area contributed by atoms with Crippen LogP contribution in [0, 0.1) is 10.5 Å². The number of halogens is 3. The fourth-order valence-electron chi connectivity index (χ4n) is 1.41. The highest BCUT2D eigenvalue weighted by Crippen LogP contribution is 2.32. The minimum absolute atomic E-state index is 0.665. The zero-order valence-corrected chi connectivity index (χ0v) is 12.1. The lowest BCUT2D eigenvalue weighted by Crippen LogP contribution is -1.91. The fourth-order valence-corrected chi connectivity index (χ4v) is 2.38. The van der Waals surface area contributed by atoms with Crippen molar-refractivity contribution in [2.75, 3.05) is 0 Å². The minimum atomic E-state index is 0.665. The van der Waals surface area contributed by atoms with Crippen LogP contribution >= 0.6 is 45.8 Å². The van der Waals surface area contributed by atoms with Gasteiger partial charge >= 0.3 is 0 Å². The summed E-state index contributed by atoms with van der Waals surface area (Å²) in [6, 6.07) is 9.41. The van der Waals surface area contributed by atoms with Crippen LogP contribution in [0.15, 0.2) is 30.3 Å². The van der Waals surface area contributed by atoms with Gasteiger partial charge in [0.2, 0.25) is 0 Å². The Hall–Kier alpha value is -0.320. The van der Waals surface area contributed by atoms with Crippen LogP contribution in [0.25, 0.3) is 11.3 Å². The van der Waals surface area contributed by atoms with Crippen LogP contribution in [0.4, 0.5) is 0 Å². The van der Waals surface area contributed by atoms with Crippen molar-refractivity contribution in [3.8, 4) is 11.3 Å². The van der Waals surface area contributed by atoms with Crippen molar-refractivity contribution in [2.24, 2.45) is 0 Å². The number of aryl methyl sites for hydroxylation is 1. The summed E-state index contributed by atoms with van der Waals surface area (Å²) < 4.78 is 1.06. The average molecular weight is 364 g/mol. The van der Waals surface area contributed by atoms with Gasteiger partial charge in [0.25, 0.3) is 0 Å². The maximum atomic E-state index is 6.15. The Labute approximate surface area is 118 Å². The predicted molar refractivity (Wildman–Crippen MR) is 77.1 cm³/mol. The summed E-state index contributed by atoms with van der Waals surface area (Å²) in [6.45, 7) is 1.96. The lowest BCUT2D eigenvalue weighted by molar-refractivity contribution is 1.19. The van der Waals surface area contributed by atoms with Crippen LogP contribution in [0.1, 0.15) is 5.69 Å². The first kappa shape index (κ1) is 12.1. The number of hydrogen-bond acceptors (Lipinski definition) is 1. The third-order valence-electron chi connectivity index (χ3n) is 2.17. The molecule has 1 nitrogen and oxygen atoms in total. The average Bonchev–Trinajstić information content (AvgIpc) is 2.25. The Morgan fingerprint density at radius 2 is 1.88 bits per heavy atom. The monoisotopic (exact) mass is 363 g/mol. The second-order valence-electron chi connectivity index (χ2n) is 3.41. The highest BCUT2D eigenvalue weighted by Gasteiger charge is 2.09. The summed E-state index contributed by atoms with van der Waals surface area (Å²) >= 11 is 14.4. The lowest BCUT2D eigenvalue weighted by Gasteiger charge is -2.07. The van der Waals surface area contributed by atoms with Crippen LogP contribution in [0.3, 0.4) is 0 Å². The molecule has 2 aromatic rings. The first-order chi connectivity index (χ1) is 7.58. The van der Waals surface area contributed by atoms with Crippen LogP contribution in [0.2, 0.25) is 10.0 Å². The van der Waals surface area contributed by atoms with Crippen LogP contribution in [-0.4, -0.2) is 4.98 Å². The zero-order chi connectivity index (χ0) is 11.7. The van der Waals surface area contributed by atoms with E-state index in [0.29, 0.717) is 10.0 Å². The Morgan fingerprint density at radius 3 is 2.62 bits per heavy atom. The smallest absolute Gasteiger partial charge is 0.0853 e. The van der Waals surface area contributed by atoms with E-state index in [1.807, 2.05) is 25.1 Å². The van der Waals surface area contributed by atoms with E-state index in [1.54, 1.807) is 12.1 Å². The molecule has 0 saturated carbocycles. The van der Waals surface area contributed by atoms with Crippen molar-refractivity contribution in [2.45, 2.75) is 6.92 Å². The second kappa shape index (κ2) is 4.90. The number of rotatable bonds is 1. The van der Waals surface area contributed by atoms with E-state index < -0.39 is 0 Å². The van der Waals surface area contributed by atoms with E-state index >= 15 is 0 Å². The molecule has 0 atom stereocenters. The number of benzene rings is 1. The minimum Gasteiger partial charge on any atom is -0.252 e. The highest BCUT2D eigenvalue weighted by atomic mass is 127. The van der Waals surface area contributed by atoms with E-state index in [0.717, 1.165) is 20.5 Å². The summed E-state index contributed by atoms with van der Waals surface area (Å²) in [6.07, 6.45) is 0. The van der Waals surface area contributed by atoms with Gasteiger partial charge in [0.15, 0.2) is 0 Å². The molecular weight excluding hydrogens is 356 g/mol. The van der Waals surface area contributed by atoms with Crippen molar-refractivity contribution >= 4 is 45.8 Å². The summed E-state index contributed by atoms with van der Waals surface area (Å²) in [5, 5.41) is 1.33. The molecule has 0 unspecified atom stereocenters. The van der Waals surface area contributed by atoms with Gasteiger partial charge in [0.05, 0.1) is 10.7 Å². The van der Waals surface area contributed by atoms with Gasteiger partial charge < -0.3 is 0 Å². The Kier molecular flexibility index (Phi) is 3.72. The summed E-state index contributed by atoms with van der Waals surface area (Å²) in [4.78, 5) is 4.49. The molecule has 0 aliphatic carbocycles. The molecule has 2 rings (SSSR count). The molecule has 1 aromatic heterocycles. The molecule has 1 aromatic carbocycles. The molecule has 0 N–H and O–H groups in total. The Bertz CT molecular complexity index is 491. The van der Waals surface area contributed by atoms with Crippen LogP contribution in [-0.2, 0) is 0 Å².